The van der Waals surface area contributed by atoms with E-state index in [1.54, 1.807) is 4.68 Å². The monoisotopic (exact) mass is 446 g/mol. The van der Waals surface area contributed by atoms with Gasteiger partial charge in [0.15, 0.2) is 5.82 Å². The number of carbonyl (C=O) groups is 1. The molecule has 5 nitrogen and oxygen atoms in total. The molecule has 29 heavy (non-hydrogen) atoms. The van der Waals surface area contributed by atoms with E-state index in [0.717, 1.165) is 26.9 Å². The van der Waals surface area contributed by atoms with Crippen LogP contribution in [0.4, 0.5) is 5.69 Å². The molecule has 0 saturated heterocycles. The van der Waals surface area contributed by atoms with E-state index in [-0.39, 0.29) is 11.7 Å². The predicted octanol–water partition coefficient (Wildman–Crippen LogP) is 5.57. The van der Waals surface area contributed by atoms with Crippen LogP contribution in [0.15, 0.2) is 77.3 Å². The fourth-order valence-corrected chi connectivity index (χ4v) is 3.47. The normalized spacial score (nSPS) is 10.7. The molecule has 0 saturated carbocycles. The Labute approximate surface area is 177 Å². The Bertz CT molecular complexity index is 1140. The van der Waals surface area contributed by atoms with Crippen molar-refractivity contribution in [1.82, 2.24) is 14.8 Å². The van der Waals surface area contributed by atoms with Crippen LogP contribution in [0.1, 0.15) is 21.7 Å². The zero-order valence-electron chi connectivity index (χ0n) is 16.1. The van der Waals surface area contributed by atoms with Crippen LogP contribution in [0.5, 0.6) is 0 Å². The molecule has 0 aliphatic rings. The van der Waals surface area contributed by atoms with Crippen molar-refractivity contribution in [1.29, 1.82) is 0 Å². The maximum atomic E-state index is 12.8. The van der Waals surface area contributed by atoms with Crippen LogP contribution in [0.25, 0.3) is 17.1 Å². The summed E-state index contributed by atoms with van der Waals surface area (Å²) in [7, 11) is 0. The lowest BCUT2D eigenvalue weighted by molar-refractivity contribution is 0.101. The first-order valence-corrected chi connectivity index (χ1v) is 9.97. The van der Waals surface area contributed by atoms with E-state index in [9.17, 15) is 4.79 Å². The van der Waals surface area contributed by atoms with Gasteiger partial charge in [-0.3, -0.25) is 4.79 Å². The molecule has 0 aliphatic heterocycles. The minimum absolute atomic E-state index is 0.114. The van der Waals surface area contributed by atoms with E-state index in [2.05, 4.69) is 31.3 Å². The molecule has 0 bridgehead atoms. The molecule has 0 radical (unpaired) electrons. The summed E-state index contributed by atoms with van der Waals surface area (Å²) in [5.74, 6) is 0.380. The Morgan fingerprint density at radius 2 is 1.66 bits per heavy atom. The highest BCUT2D eigenvalue weighted by atomic mass is 79.9. The fraction of sp³-hybridized carbons (Fsp3) is 0.0870. The maximum Gasteiger partial charge on any atom is 0.295 e. The molecule has 4 rings (SSSR count). The lowest BCUT2D eigenvalue weighted by atomic mass is 10.1. The molecule has 0 unspecified atom stereocenters. The van der Waals surface area contributed by atoms with Crippen molar-refractivity contribution >= 4 is 27.5 Å². The van der Waals surface area contributed by atoms with Crippen molar-refractivity contribution in [2.75, 3.05) is 5.32 Å². The SMILES string of the molecule is Cc1cccc(-c2nc(C(=O)Nc3cccc(Br)c3)nn2-c2cccc(C)c2)c1. The third-order valence-electron chi connectivity index (χ3n) is 4.42. The van der Waals surface area contributed by atoms with Crippen LogP contribution in [-0.4, -0.2) is 20.7 Å². The first-order chi connectivity index (χ1) is 14.0. The number of amides is 1. The zero-order chi connectivity index (χ0) is 20.4. The van der Waals surface area contributed by atoms with Crippen molar-refractivity contribution in [3.8, 4) is 17.1 Å². The Kier molecular flexibility index (Phi) is 5.27. The number of aromatic nitrogens is 3. The van der Waals surface area contributed by atoms with Gasteiger partial charge in [0.25, 0.3) is 5.91 Å². The van der Waals surface area contributed by atoms with Gasteiger partial charge in [0.05, 0.1) is 5.69 Å². The Balaban J connectivity index is 1.78. The molecule has 144 valence electrons. The minimum Gasteiger partial charge on any atom is -0.319 e. The average molecular weight is 447 g/mol. The molecule has 1 aromatic heterocycles. The van der Waals surface area contributed by atoms with E-state index in [1.165, 1.54) is 0 Å². The lowest BCUT2D eigenvalue weighted by Gasteiger charge is -2.07. The standard InChI is InChI=1S/C23H19BrN4O/c1-15-6-3-8-17(12-15)22-26-21(23(29)25-19-10-5-9-18(24)14-19)27-28(22)20-11-4-7-16(2)13-20/h3-14H,1-2H3,(H,25,29). The Morgan fingerprint density at radius 3 is 2.38 bits per heavy atom. The quantitative estimate of drug-likeness (QED) is 0.445. The second kappa shape index (κ2) is 8.01. The molecule has 6 heteroatoms. The summed E-state index contributed by atoms with van der Waals surface area (Å²) in [6.07, 6.45) is 0. The third-order valence-corrected chi connectivity index (χ3v) is 4.91. The number of benzene rings is 3. The fourth-order valence-electron chi connectivity index (χ4n) is 3.07. The van der Waals surface area contributed by atoms with Gasteiger partial charge < -0.3 is 5.32 Å². The van der Waals surface area contributed by atoms with Crippen molar-refractivity contribution in [2.45, 2.75) is 13.8 Å². The molecule has 4 aromatic rings. The first kappa shape index (κ1) is 19.1. The van der Waals surface area contributed by atoms with Gasteiger partial charge in [0.2, 0.25) is 5.82 Å². The first-order valence-electron chi connectivity index (χ1n) is 9.18. The van der Waals surface area contributed by atoms with Crippen molar-refractivity contribution in [3.05, 3.63) is 94.2 Å². The van der Waals surface area contributed by atoms with Gasteiger partial charge in [-0.25, -0.2) is 9.67 Å². The Hall–Kier alpha value is -3.25. The molecule has 1 amide bonds. The number of halogens is 1. The Morgan fingerprint density at radius 1 is 0.931 bits per heavy atom. The number of nitrogens with one attached hydrogen (secondary N) is 1. The van der Waals surface area contributed by atoms with E-state index >= 15 is 0 Å². The predicted molar refractivity (Wildman–Crippen MR) is 118 cm³/mol. The van der Waals surface area contributed by atoms with Crippen molar-refractivity contribution in [3.63, 3.8) is 0 Å². The van der Waals surface area contributed by atoms with Crippen LogP contribution in [0.3, 0.4) is 0 Å². The molecule has 1 N–H and O–H groups in total. The number of aryl methyl sites for hydroxylation is 2. The van der Waals surface area contributed by atoms with E-state index in [1.807, 2.05) is 86.6 Å². The van der Waals surface area contributed by atoms with Crippen LogP contribution >= 0.6 is 15.9 Å². The highest BCUT2D eigenvalue weighted by Gasteiger charge is 2.19. The van der Waals surface area contributed by atoms with E-state index in [0.29, 0.717) is 11.5 Å². The summed E-state index contributed by atoms with van der Waals surface area (Å²) < 4.78 is 2.60. The van der Waals surface area contributed by atoms with Gasteiger partial charge in [-0.15, -0.1) is 5.10 Å². The maximum absolute atomic E-state index is 12.8. The summed E-state index contributed by atoms with van der Waals surface area (Å²) in [5, 5.41) is 7.39. The van der Waals surface area contributed by atoms with E-state index < -0.39 is 0 Å². The molecule has 1 heterocycles. The van der Waals surface area contributed by atoms with Gasteiger partial charge in [-0.05, 0) is 55.8 Å². The molecular formula is C23H19BrN4O. The summed E-state index contributed by atoms with van der Waals surface area (Å²) >= 11 is 3.41. The average Bonchev–Trinajstić information content (AvgIpc) is 3.14. The molecule has 0 fully saturated rings. The second-order valence-corrected chi connectivity index (χ2v) is 7.76. The van der Waals surface area contributed by atoms with E-state index in [4.69, 9.17) is 0 Å². The molecular weight excluding hydrogens is 428 g/mol. The molecule has 0 aliphatic carbocycles. The third kappa shape index (κ3) is 4.27. The summed E-state index contributed by atoms with van der Waals surface area (Å²) in [6.45, 7) is 4.05. The van der Waals surface area contributed by atoms with Gasteiger partial charge in [0, 0.05) is 15.7 Å². The van der Waals surface area contributed by atoms with Gasteiger partial charge in [-0.2, -0.15) is 0 Å². The van der Waals surface area contributed by atoms with Crippen molar-refractivity contribution in [2.24, 2.45) is 0 Å². The largest absolute Gasteiger partial charge is 0.319 e. The van der Waals surface area contributed by atoms with Crippen LogP contribution in [0, 0.1) is 13.8 Å². The second-order valence-electron chi connectivity index (χ2n) is 6.84. The van der Waals surface area contributed by atoms with Gasteiger partial charge in [-0.1, -0.05) is 57.9 Å². The van der Waals surface area contributed by atoms with Crippen LogP contribution < -0.4 is 5.32 Å². The molecule has 3 aromatic carbocycles. The summed E-state index contributed by atoms with van der Waals surface area (Å²) in [5.41, 5.74) is 4.65. The highest BCUT2D eigenvalue weighted by Crippen LogP contribution is 2.23. The number of carbonyl (C=O) groups excluding carboxylic acids is 1. The highest BCUT2D eigenvalue weighted by molar-refractivity contribution is 9.10. The topological polar surface area (TPSA) is 59.8 Å². The number of hydrogen-bond donors (Lipinski definition) is 1. The number of nitrogens with zero attached hydrogens (tertiary/aromatic N) is 3. The number of rotatable bonds is 4. The van der Waals surface area contributed by atoms with Crippen LogP contribution in [0.2, 0.25) is 0 Å². The van der Waals surface area contributed by atoms with Crippen LogP contribution in [-0.2, 0) is 0 Å². The minimum atomic E-state index is -0.358. The van der Waals surface area contributed by atoms with Crippen molar-refractivity contribution < 1.29 is 4.79 Å². The molecule has 0 spiro atoms. The van der Waals surface area contributed by atoms with Gasteiger partial charge in [0.1, 0.15) is 0 Å². The number of anilines is 1. The number of hydrogen-bond acceptors (Lipinski definition) is 3. The lowest BCUT2D eigenvalue weighted by Crippen LogP contribution is -2.14. The summed E-state index contributed by atoms with van der Waals surface area (Å²) in [6, 6.07) is 23.4. The molecule has 0 atom stereocenters. The zero-order valence-corrected chi connectivity index (χ0v) is 17.6. The summed E-state index contributed by atoms with van der Waals surface area (Å²) in [4.78, 5) is 17.4. The van der Waals surface area contributed by atoms with Gasteiger partial charge >= 0.3 is 0 Å². The smallest absolute Gasteiger partial charge is 0.295 e.